The van der Waals surface area contributed by atoms with E-state index in [2.05, 4.69) is 16.0 Å². The molecule has 0 bridgehead atoms. The average Bonchev–Trinajstić information content (AvgIpc) is 2.98. The number of aryl methyl sites for hydroxylation is 1. The molecule has 1 aromatic heterocycles. The summed E-state index contributed by atoms with van der Waals surface area (Å²) in [6.07, 6.45) is 2.24. The number of likely N-dealkylation sites (tertiary alicyclic amines) is 1. The number of benzene rings is 1. The number of hydrogen-bond acceptors (Lipinski definition) is 5. The zero-order valence-corrected chi connectivity index (χ0v) is 15.3. The van der Waals surface area contributed by atoms with Crippen molar-refractivity contribution in [2.45, 2.75) is 39.0 Å². The maximum Gasteiger partial charge on any atom is 0.128 e. The number of hydrogen-bond donors (Lipinski definition) is 1. The summed E-state index contributed by atoms with van der Waals surface area (Å²) < 4.78 is 10.9. The lowest BCUT2D eigenvalue weighted by Crippen LogP contribution is -2.25. The van der Waals surface area contributed by atoms with Crippen LogP contribution in [-0.4, -0.2) is 41.9 Å². The molecule has 25 heavy (non-hydrogen) atoms. The number of ether oxygens (including phenoxy) is 2. The quantitative estimate of drug-likeness (QED) is 0.905. The van der Waals surface area contributed by atoms with Gasteiger partial charge in [0.25, 0.3) is 0 Å². The van der Waals surface area contributed by atoms with E-state index in [9.17, 15) is 5.11 Å². The Morgan fingerprint density at radius 1 is 1.24 bits per heavy atom. The van der Waals surface area contributed by atoms with E-state index in [0.717, 1.165) is 40.3 Å². The molecule has 0 unspecified atom stereocenters. The maximum atomic E-state index is 10.2. The third kappa shape index (κ3) is 3.62. The van der Waals surface area contributed by atoms with Crippen LogP contribution in [0.15, 0.2) is 30.5 Å². The van der Waals surface area contributed by atoms with Gasteiger partial charge in [-0.1, -0.05) is 12.1 Å². The molecule has 0 amide bonds. The van der Waals surface area contributed by atoms with Crippen LogP contribution in [0.25, 0.3) is 0 Å². The summed E-state index contributed by atoms with van der Waals surface area (Å²) in [4.78, 5) is 6.89. The van der Waals surface area contributed by atoms with Gasteiger partial charge in [0.15, 0.2) is 0 Å². The highest BCUT2D eigenvalue weighted by Crippen LogP contribution is 2.35. The lowest BCUT2D eigenvalue weighted by Gasteiger charge is -2.25. The number of pyridine rings is 1. The molecule has 2 aromatic rings. The van der Waals surface area contributed by atoms with Gasteiger partial charge in [-0.25, -0.2) is 0 Å². The van der Waals surface area contributed by atoms with Crippen molar-refractivity contribution in [3.8, 4) is 11.5 Å². The van der Waals surface area contributed by atoms with Gasteiger partial charge in [0.2, 0.25) is 0 Å². The van der Waals surface area contributed by atoms with Gasteiger partial charge in [-0.05, 0) is 38.0 Å². The topological polar surface area (TPSA) is 54.8 Å². The molecule has 1 saturated heterocycles. The summed E-state index contributed by atoms with van der Waals surface area (Å²) in [6.45, 7) is 5.36. The van der Waals surface area contributed by atoms with Gasteiger partial charge < -0.3 is 14.6 Å². The number of aromatic nitrogens is 1. The molecule has 1 N–H and O–H groups in total. The minimum Gasteiger partial charge on any atom is -0.497 e. The molecule has 0 spiro atoms. The molecule has 5 heteroatoms. The summed E-state index contributed by atoms with van der Waals surface area (Å²) in [7, 11) is 3.37. The zero-order valence-electron chi connectivity index (χ0n) is 15.3. The lowest BCUT2D eigenvalue weighted by molar-refractivity contribution is 0.172. The molecular weight excluding hydrogens is 316 g/mol. The predicted molar refractivity (Wildman–Crippen MR) is 97.0 cm³/mol. The molecule has 1 aromatic carbocycles. The Balaban J connectivity index is 1.88. The number of β-amino-alcohol motifs (C(OH)–C–C–N with tert-alkyl or cyclic N) is 1. The number of aliphatic hydroxyl groups excluding tert-OH is 1. The van der Waals surface area contributed by atoms with E-state index >= 15 is 0 Å². The third-order valence-electron chi connectivity index (χ3n) is 4.96. The van der Waals surface area contributed by atoms with E-state index in [4.69, 9.17) is 9.47 Å². The van der Waals surface area contributed by atoms with Gasteiger partial charge in [0.1, 0.15) is 11.5 Å². The second kappa shape index (κ2) is 7.42. The van der Waals surface area contributed by atoms with Crippen molar-refractivity contribution >= 4 is 0 Å². The van der Waals surface area contributed by atoms with Crippen molar-refractivity contribution in [3.63, 3.8) is 0 Å². The molecule has 0 radical (unpaired) electrons. The van der Waals surface area contributed by atoms with Crippen LogP contribution in [0.2, 0.25) is 0 Å². The van der Waals surface area contributed by atoms with Gasteiger partial charge >= 0.3 is 0 Å². The Morgan fingerprint density at radius 3 is 2.76 bits per heavy atom. The Kier molecular flexibility index (Phi) is 5.25. The van der Waals surface area contributed by atoms with Crippen molar-refractivity contribution in [1.29, 1.82) is 0 Å². The van der Waals surface area contributed by atoms with Crippen molar-refractivity contribution < 1.29 is 14.6 Å². The zero-order chi connectivity index (χ0) is 18.0. The fourth-order valence-electron chi connectivity index (χ4n) is 3.67. The number of nitrogens with zero attached hydrogens (tertiary/aromatic N) is 2. The van der Waals surface area contributed by atoms with E-state index in [1.54, 1.807) is 14.2 Å². The van der Waals surface area contributed by atoms with Crippen LogP contribution in [0.3, 0.4) is 0 Å². The number of aliphatic hydroxyl groups is 1. The first-order valence-corrected chi connectivity index (χ1v) is 8.58. The highest BCUT2D eigenvalue weighted by Gasteiger charge is 2.33. The van der Waals surface area contributed by atoms with Crippen LogP contribution in [0.5, 0.6) is 11.5 Å². The fraction of sp³-hybridized carbons (Fsp3) is 0.450. The van der Waals surface area contributed by atoms with Crippen molar-refractivity contribution in [2.24, 2.45) is 0 Å². The highest BCUT2D eigenvalue weighted by atomic mass is 16.5. The molecule has 1 aliphatic rings. The maximum absolute atomic E-state index is 10.2. The van der Waals surface area contributed by atoms with Crippen LogP contribution in [-0.2, 0) is 6.54 Å². The monoisotopic (exact) mass is 342 g/mol. The third-order valence-corrected chi connectivity index (χ3v) is 4.96. The van der Waals surface area contributed by atoms with Crippen LogP contribution in [0, 0.1) is 13.8 Å². The Morgan fingerprint density at radius 2 is 2.04 bits per heavy atom. The van der Waals surface area contributed by atoms with Gasteiger partial charge in [-0.2, -0.15) is 0 Å². The second-order valence-electron chi connectivity index (χ2n) is 6.66. The smallest absolute Gasteiger partial charge is 0.128 e. The summed E-state index contributed by atoms with van der Waals surface area (Å²) in [6, 6.07) is 8.23. The van der Waals surface area contributed by atoms with E-state index < -0.39 is 0 Å². The van der Waals surface area contributed by atoms with Gasteiger partial charge in [-0.15, -0.1) is 0 Å². The molecule has 3 rings (SSSR count). The van der Waals surface area contributed by atoms with E-state index in [1.807, 2.05) is 38.2 Å². The molecule has 2 atom stereocenters. The van der Waals surface area contributed by atoms with Crippen molar-refractivity contribution in [1.82, 2.24) is 9.88 Å². The fourth-order valence-corrected chi connectivity index (χ4v) is 3.67. The standard InChI is InChI=1S/C20H26N2O3/c1-13-10-21-18(14(2)20(13)25-4)12-22-11-16(23)9-19(22)15-6-5-7-17(8-15)24-3/h5-8,10,16,19,23H,9,11-12H2,1-4H3/t16-,19+/m0/s1. The molecule has 134 valence electrons. The van der Waals surface area contributed by atoms with Gasteiger partial charge in [-0.3, -0.25) is 9.88 Å². The van der Waals surface area contributed by atoms with Crippen LogP contribution in [0.4, 0.5) is 0 Å². The largest absolute Gasteiger partial charge is 0.497 e. The molecular formula is C20H26N2O3. The molecule has 0 saturated carbocycles. The van der Waals surface area contributed by atoms with Crippen molar-refractivity contribution in [3.05, 3.63) is 52.8 Å². The predicted octanol–water partition coefficient (Wildman–Crippen LogP) is 3.02. The van der Waals surface area contributed by atoms with Gasteiger partial charge in [0, 0.05) is 36.5 Å². The van der Waals surface area contributed by atoms with Crippen LogP contribution < -0.4 is 9.47 Å². The summed E-state index contributed by atoms with van der Waals surface area (Å²) in [5.74, 6) is 1.73. The van der Waals surface area contributed by atoms with Crippen LogP contribution >= 0.6 is 0 Å². The van der Waals surface area contributed by atoms with E-state index in [-0.39, 0.29) is 12.1 Å². The van der Waals surface area contributed by atoms with Crippen LogP contribution in [0.1, 0.15) is 34.8 Å². The lowest BCUT2D eigenvalue weighted by atomic mass is 10.0. The second-order valence-corrected chi connectivity index (χ2v) is 6.66. The van der Waals surface area contributed by atoms with Crippen molar-refractivity contribution in [2.75, 3.05) is 20.8 Å². The Bertz CT molecular complexity index is 748. The first-order valence-electron chi connectivity index (χ1n) is 8.58. The number of methoxy groups -OCH3 is 2. The molecule has 2 heterocycles. The number of rotatable bonds is 5. The Hall–Kier alpha value is -2.11. The van der Waals surface area contributed by atoms with E-state index in [1.165, 1.54) is 0 Å². The first-order chi connectivity index (χ1) is 12.0. The van der Waals surface area contributed by atoms with Gasteiger partial charge in [0.05, 0.1) is 26.0 Å². The molecule has 1 fully saturated rings. The molecule has 1 aliphatic heterocycles. The van der Waals surface area contributed by atoms with E-state index in [0.29, 0.717) is 13.1 Å². The summed E-state index contributed by atoms with van der Waals surface area (Å²) >= 11 is 0. The highest BCUT2D eigenvalue weighted by molar-refractivity contribution is 5.41. The summed E-state index contributed by atoms with van der Waals surface area (Å²) in [5.41, 5.74) is 4.25. The molecule has 5 nitrogen and oxygen atoms in total. The Labute approximate surface area is 149 Å². The average molecular weight is 342 g/mol. The normalized spacial score (nSPS) is 20.7. The SMILES string of the molecule is COc1cccc([C@H]2C[C@H](O)CN2Cc2ncc(C)c(OC)c2C)c1. The first kappa shape index (κ1) is 17.7. The molecule has 0 aliphatic carbocycles. The minimum atomic E-state index is -0.330. The summed E-state index contributed by atoms with van der Waals surface area (Å²) in [5, 5.41) is 10.2. The minimum absolute atomic E-state index is 0.151.